The summed E-state index contributed by atoms with van der Waals surface area (Å²) in [5.41, 5.74) is 23.9. The second-order valence-electron chi connectivity index (χ2n) is 31.8. The molecular weight excluding hydrogens is 1010 g/mol. The number of fused-ring (bicyclic) bond motifs is 9. The smallest absolute Gasteiger partial charge is 0.264 e. The van der Waals surface area contributed by atoms with Crippen molar-refractivity contribution in [2.45, 2.75) is 219 Å². The van der Waals surface area contributed by atoms with E-state index in [0.29, 0.717) is 18.4 Å². The van der Waals surface area contributed by atoms with Crippen molar-refractivity contribution in [3.8, 4) is 11.1 Å². The van der Waals surface area contributed by atoms with E-state index in [2.05, 4.69) is 231 Å². The Balaban J connectivity index is 1.14. The molecule has 4 heteroatoms. The summed E-state index contributed by atoms with van der Waals surface area (Å²) in [6.45, 7) is 42.9. The van der Waals surface area contributed by atoms with Crippen molar-refractivity contribution in [2.75, 3.05) is 9.80 Å². The van der Waals surface area contributed by atoms with Crippen LogP contribution < -0.4 is 25.5 Å². The summed E-state index contributed by atoms with van der Waals surface area (Å²) in [6, 6.07) is 37.7. The van der Waals surface area contributed by atoms with Gasteiger partial charge in [-0.1, -0.05) is 197 Å². The number of thiophene rings is 1. The Labute approximate surface area is 505 Å². The lowest BCUT2D eigenvalue weighted by Gasteiger charge is -2.47. The fourth-order valence-electron chi connectivity index (χ4n) is 15.3. The maximum absolute atomic E-state index is 9.31. The van der Waals surface area contributed by atoms with E-state index in [4.69, 9.17) is 4.11 Å². The third-order valence-electron chi connectivity index (χ3n) is 21.2. The highest BCUT2D eigenvalue weighted by molar-refractivity contribution is 7.33. The first-order valence-electron chi connectivity index (χ1n) is 33.5. The predicted octanol–water partition coefficient (Wildman–Crippen LogP) is 20.1. The van der Waals surface area contributed by atoms with Gasteiger partial charge < -0.3 is 9.80 Å². The van der Waals surface area contributed by atoms with Crippen molar-refractivity contribution >= 4 is 78.0 Å². The molecule has 2 aliphatic heterocycles. The second kappa shape index (κ2) is 18.3. The van der Waals surface area contributed by atoms with Gasteiger partial charge in [-0.3, -0.25) is 0 Å². The molecule has 0 saturated carbocycles. The standard InChI is InChI=1S/C78H91BN2S/c1-71(2,3)51-28-30-53(31-29-51)81-66-41-48(24-25-50-26-27-52(72(4,5)6)42-55(50)49-22-20-19-21-23-49)40-65-68(66)79(70-69(81)56-44-59-62(47-67(56)82-70)78(17,18)39-36-75(59,11)12)63-45-60-61(77(15,16)38-37-76(60,13)14)46-64(63)80(65)54-32-33-57-58(43-54)74(9,10)35-34-73(57,7)8/h19-23,26-33,40-47H,24-25,34-39H2,1-18H3/i19D,20D,21D,22D,23D. The van der Waals surface area contributed by atoms with Crippen LogP contribution in [-0.2, 0) is 56.2 Å². The van der Waals surface area contributed by atoms with Crippen molar-refractivity contribution in [1.82, 2.24) is 0 Å². The van der Waals surface area contributed by atoms with Gasteiger partial charge in [0, 0.05) is 43.3 Å². The molecule has 0 radical (unpaired) electrons. The van der Waals surface area contributed by atoms with Crippen LogP contribution in [0.1, 0.15) is 226 Å². The third-order valence-corrected chi connectivity index (χ3v) is 22.4. The van der Waals surface area contributed by atoms with Crippen LogP contribution in [0.25, 0.3) is 21.2 Å². The van der Waals surface area contributed by atoms with Gasteiger partial charge in [-0.15, -0.1) is 11.3 Å². The summed E-state index contributed by atoms with van der Waals surface area (Å²) in [4.78, 5) is 5.35. The second-order valence-corrected chi connectivity index (χ2v) is 32.9. The van der Waals surface area contributed by atoms with Gasteiger partial charge in [0.25, 0.3) is 6.71 Å². The number of nitrogens with zero attached hydrogens (tertiary/aromatic N) is 2. The molecule has 5 aliphatic rings. The minimum Gasteiger partial charge on any atom is -0.311 e. The molecular formula is C78H91BN2S. The summed E-state index contributed by atoms with van der Waals surface area (Å²) in [6.07, 6.45) is 8.03. The Morgan fingerprint density at radius 1 is 0.476 bits per heavy atom. The van der Waals surface area contributed by atoms with E-state index in [1.54, 1.807) is 0 Å². The molecule has 0 N–H and O–H groups in total. The summed E-state index contributed by atoms with van der Waals surface area (Å²) in [5, 5.41) is 1.32. The lowest BCUT2D eigenvalue weighted by atomic mass is 9.35. The first kappa shape index (κ1) is 49.6. The van der Waals surface area contributed by atoms with Gasteiger partial charge in [0.15, 0.2) is 0 Å². The monoisotopic (exact) mass is 1100 g/mol. The van der Waals surface area contributed by atoms with E-state index in [-0.39, 0.29) is 85.8 Å². The zero-order chi connectivity index (χ0) is 62.6. The van der Waals surface area contributed by atoms with Crippen LogP contribution >= 0.6 is 11.3 Å². The molecule has 0 amide bonds. The molecule has 3 heterocycles. The molecule has 2 nitrogen and oxygen atoms in total. The third kappa shape index (κ3) is 8.82. The van der Waals surface area contributed by atoms with Crippen molar-refractivity contribution in [3.05, 3.63) is 183 Å². The van der Waals surface area contributed by atoms with Crippen molar-refractivity contribution in [3.63, 3.8) is 0 Å². The lowest BCUT2D eigenvalue weighted by molar-refractivity contribution is 0.332. The number of aryl methyl sites for hydroxylation is 2. The molecule has 0 spiro atoms. The van der Waals surface area contributed by atoms with E-state index in [9.17, 15) is 2.74 Å². The van der Waals surface area contributed by atoms with E-state index >= 15 is 0 Å². The number of anilines is 6. The quantitative estimate of drug-likeness (QED) is 0.153. The van der Waals surface area contributed by atoms with Gasteiger partial charge in [0.2, 0.25) is 0 Å². The Hall–Kier alpha value is -5.84. The molecule has 7 aromatic carbocycles. The minimum absolute atomic E-state index is 0.00706. The highest BCUT2D eigenvalue weighted by Crippen LogP contribution is 2.56. The van der Waals surface area contributed by atoms with Gasteiger partial charge in [0.05, 0.1) is 12.5 Å². The van der Waals surface area contributed by atoms with E-state index in [1.165, 1.54) is 98.7 Å². The Kier molecular flexibility index (Phi) is 11.1. The van der Waals surface area contributed by atoms with Crippen molar-refractivity contribution < 1.29 is 6.85 Å². The fraction of sp³-hybridized carbons (Fsp3) is 0.436. The average Bonchev–Trinajstić information content (AvgIpc) is 1.68. The van der Waals surface area contributed by atoms with Gasteiger partial charge in [0.1, 0.15) is 0 Å². The molecule has 0 fully saturated rings. The number of rotatable bonds is 6. The average molecular weight is 1100 g/mol. The van der Waals surface area contributed by atoms with Crippen LogP contribution in [0, 0.1) is 0 Å². The Bertz CT molecular complexity index is 4190. The Morgan fingerprint density at radius 3 is 1.56 bits per heavy atom. The van der Waals surface area contributed by atoms with Crippen LogP contribution in [0.15, 0.2) is 127 Å². The van der Waals surface area contributed by atoms with Gasteiger partial charge in [-0.05, 0) is 227 Å². The lowest BCUT2D eigenvalue weighted by Crippen LogP contribution is -2.61. The summed E-state index contributed by atoms with van der Waals surface area (Å²) < 4.78 is 47.6. The minimum atomic E-state index is -0.375. The first-order chi connectivity index (χ1) is 40.4. The first-order valence-corrected chi connectivity index (χ1v) is 31.8. The van der Waals surface area contributed by atoms with E-state index in [0.717, 1.165) is 55.3 Å². The summed E-state index contributed by atoms with van der Waals surface area (Å²) in [5.74, 6) is 0. The number of hydrogen-bond donors (Lipinski definition) is 0. The molecule has 1 aromatic heterocycles. The van der Waals surface area contributed by atoms with Crippen LogP contribution in [0.3, 0.4) is 0 Å². The molecule has 3 aliphatic carbocycles. The van der Waals surface area contributed by atoms with Crippen LogP contribution in [-0.4, -0.2) is 6.71 Å². The molecule has 0 bridgehead atoms. The zero-order valence-corrected chi connectivity index (χ0v) is 53.6. The molecule has 0 saturated heterocycles. The van der Waals surface area contributed by atoms with Gasteiger partial charge in [-0.25, -0.2) is 0 Å². The molecule has 82 heavy (non-hydrogen) atoms. The Morgan fingerprint density at radius 2 is 0.976 bits per heavy atom. The predicted molar refractivity (Wildman–Crippen MR) is 358 cm³/mol. The highest BCUT2D eigenvalue weighted by Gasteiger charge is 2.49. The molecule has 422 valence electrons. The highest BCUT2D eigenvalue weighted by atomic mass is 32.1. The van der Waals surface area contributed by atoms with Crippen LogP contribution in [0.2, 0.25) is 0 Å². The topological polar surface area (TPSA) is 6.48 Å². The van der Waals surface area contributed by atoms with E-state index in [1.807, 2.05) is 11.3 Å². The molecule has 8 aromatic rings. The molecule has 13 rings (SSSR count). The maximum atomic E-state index is 9.31. The van der Waals surface area contributed by atoms with Crippen molar-refractivity contribution in [1.29, 1.82) is 0 Å². The summed E-state index contributed by atoms with van der Waals surface area (Å²) in [7, 11) is 0. The van der Waals surface area contributed by atoms with Crippen LogP contribution in [0.4, 0.5) is 34.1 Å². The van der Waals surface area contributed by atoms with E-state index < -0.39 is 0 Å². The largest absolute Gasteiger partial charge is 0.311 e. The SMILES string of the molecule is [2H]c1c([2H])c([2H])c(-c2cc(C(C)(C)C)ccc2CCc2cc3c4c(c2)N(c2ccc(C(C)(C)C)cc2)c2c(sc5cc6c(cc25)C(C)(C)CCC6(C)C)B4c2cc4c(cc2N3c2ccc3c(c2)C(C)(C)CCC3(C)C)C(C)(C)CCC4(C)C)c([2H])c1[2H]. The van der Waals surface area contributed by atoms with Gasteiger partial charge >= 0.3 is 0 Å². The van der Waals surface area contributed by atoms with Gasteiger partial charge in [-0.2, -0.15) is 0 Å². The maximum Gasteiger partial charge on any atom is 0.264 e. The normalized spacial score (nSPS) is 20.3. The fourth-order valence-corrected chi connectivity index (χ4v) is 16.7. The molecule has 0 atom stereocenters. The zero-order valence-electron chi connectivity index (χ0n) is 57.8. The number of benzene rings is 7. The number of hydrogen-bond acceptors (Lipinski definition) is 3. The van der Waals surface area contributed by atoms with Crippen LogP contribution in [0.5, 0.6) is 0 Å². The summed E-state index contributed by atoms with van der Waals surface area (Å²) >= 11 is 2.02. The van der Waals surface area contributed by atoms with Crippen molar-refractivity contribution in [2.24, 2.45) is 0 Å². The molecule has 0 unspecified atom stereocenters.